The number of hydrogen-bond acceptors (Lipinski definition) is 3. The first-order valence-electron chi connectivity index (χ1n) is 3.68. The van der Waals surface area contributed by atoms with Gasteiger partial charge in [0.05, 0.1) is 4.88 Å². The number of thiophene rings is 1. The maximum absolute atomic E-state index is 5.45. The highest BCUT2D eigenvalue weighted by Gasteiger charge is 2.02. The van der Waals surface area contributed by atoms with Crippen molar-refractivity contribution in [2.45, 2.75) is 6.54 Å². The van der Waals surface area contributed by atoms with Crippen LogP contribution < -0.4 is 5.73 Å². The number of H-pyrrole nitrogens is 1. The van der Waals surface area contributed by atoms with E-state index in [2.05, 4.69) is 10.2 Å². The molecule has 0 saturated heterocycles. The summed E-state index contributed by atoms with van der Waals surface area (Å²) in [7, 11) is 0. The lowest BCUT2D eigenvalue weighted by Crippen LogP contribution is -1.95. The van der Waals surface area contributed by atoms with Crippen LogP contribution >= 0.6 is 36.2 Å². The van der Waals surface area contributed by atoms with Gasteiger partial charge in [0.15, 0.2) is 0 Å². The van der Waals surface area contributed by atoms with Crippen LogP contribution in [0, 0.1) is 0 Å². The average molecular weight is 252 g/mol. The maximum Gasteiger partial charge on any atom is 0.102 e. The second-order valence-electron chi connectivity index (χ2n) is 2.46. The van der Waals surface area contributed by atoms with Gasteiger partial charge in [-0.2, -0.15) is 5.10 Å². The lowest BCUT2D eigenvalue weighted by atomic mass is 10.3. The molecule has 0 radical (unpaired) electrons. The van der Waals surface area contributed by atoms with Gasteiger partial charge >= 0.3 is 0 Å². The molecule has 78 valence electrons. The molecule has 2 aromatic rings. The smallest absolute Gasteiger partial charge is 0.102 e. The Balaban J connectivity index is 0.000000845. The molecule has 0 unspecified atom stereocenters. The predicted molar refractivity (Wildman–Crippen MR) is 64.3 cm³/mol. The second-order valence-corrected chi connectivity index (χ2v) is 3.41. The van der Waals surface area contributed by atoms with Crippen molar-refractivity contribution < 1.29 is 0 Å². The first kappa shape index (κ1) is 13.4. The molecule has 14 heavy (non-hydrogen) atoms. The molecule has 0 aliphatic carbocycles. The van der Waals surface area contributed by atoms with Crippen LogP contribution in [0.4, 0.5) is 0 Å². The van der Waals surface area contributed by atoms with Crippen LogP contribution in [0.1, 0.15) is 5.69 Å². The zero-order chi connectivity index (χ0) is 8.39. The average Bonchev–Trinajstić information content (AvgIpc) is 2.75. The standard InChI is InChI=1S/C8H9N3S.2ClH/c9-5-6-4-7(11-10-6)8-2-1-3-12-8;;/h1-4H,5,9H2,(H,10,11);2*1H. The Morgan fingerprint density at radius 2 is 2.21 bits per heavy atom. The third-order valence-electron chi connectivity index (χ3n) is 1.62. The molecule has 2 heterocycles. The first-order chi connectivity index (χ1) is 5.90. The summed E-state index contributed by atoms with van der Waals surface area (Å²) in [5.74, 6) is 0. The van der Waals surface area contributed by atoms with E-state index in [1.54, 1.807) is 11.3 Å². The van der Waals surface area contributed by atoms with Gasteiger partial charge in [-0.15, -0.1) is 36.2 Å². The van der Waals surface area contributed by atoms with Crippen molar-refractivity contribution >= 4 is 36.2 Å². The Labute approximate surface area is 98.5 Å². The van der Waals surface area contributed by atoms with Gasteiger partial charge in [-0.3, -0.25) is 5.10 Å². The highest BCUT2D eigenvalue weighted by Crippen LogP contribution is 2.22. The fourth-order valence-corrected chi connectivity index (χ4v) is 1.70. The highest BCUT2D eigenvalue weighted by molar-refractivity contribution is 7.13. The van der Waals surface area contributed by atoms with Crippen LogP contribution in [0.2, 0.25) is 0 Å². The van der Waals surface area contributed by atoms with Gasteiger partial charge in [-0.05, 0) is 17.5 Å². The number of hydrogen-bond donors (Lipinski definition) is 2. The molecule has 0 fully saturated rings. The number of nitrogens with zero attached hydrogens (tertiary/aromatic N) is 1. The van der Waals surface area contributed by atoms with E-state index in [1.165, 1.54) is 4.88 Å². The van der Waals surface area contributed by atoms with E-state index in [9.17, 15) is 0 Å². The Kier molecular flexibility index (Phi) is 5.79. The van der Waals surface area contributed by atoms with E-state index in [-0.39, 0.29) is 24.8 Å². The maximum atomic E-state index is 5.45. The summed E-state index contributed by atoms with van der Waals surface area (Å²) in [4.78, 5) is 1.17. The number of nitrogens with one attached hydrogen (secondary N) is 1. The van der Waals surface area contributed by atoms with E-state index in [1.807, 2.05) is 23.6 Å². The fraction of sp³-hybridized carbons (Fsp3) is 0.125. The van der Waals surface area contributed by atoms with Crippen molar-refractivity contribution in [2.75, 3.05) is 0 Å². The zero-order valence-corrected chi connectivity index (χ0v) is 9.72. The SMILES string of the molecule is Cl.Cl.NCc1cc(-c2cccs2)n[nH]1. The highest BCUT2D eigenvalue weighted by atomic mass is 35.5. The molecule has 0 aromatic carbocycles. The number of nitrogens with two attached hydrogens (primary N) is 1. The van der Waals surface area contributed by atoms with Gasteiger partial charge in [-0.25, -0.2) is 0 Å². The van der Waals surface area contributed by atoms with E-state index in [0.717, 1.165) is 11.4 Å². The molecule has 0 saturated carbocycles. The topological polar surface area (TPSA) is 54.7 Å². The van der Waals surface area contributed by atoms with Gasteiger partial charge in [0.2, 0.25) is 0 Å². The van der Waals surface area contributed by atoms with Crippen molar-refractivity contribution in [3.63, 3.8) is 0 Å². The molecule has 0 aliphatic rings. The summed E-state index contributed by atoms with van der Waals surface area (Å²) >= 11 is 1.68. The fourth-order valence-electron chi connectivity index (χ4n) is 1.02. The van der Waals surface area contributed by atoms with Crippen molar-refractivity contribution in [3.8, 4) is 10.6 Å². The monoisotopic (exact) mass is 251 g/mol. The van der Waals surface area contributed by atoms with E-state index in [4.69, 9.17) is 5.73 Å². The van der Waals surface area contributed by atoms with Gasteiger partial charge in [0.1, 0.15) is 5.69 Å². The number of halogens is 2. The molecule has 6 heteroatoms. The van der Waals surface area contributed by atoms with Crippen molar-refractivity contribution in [2.24, 2.45) is 5.73 Å². The molecule has 0 atom stereocenters. The normalized spacial score (nSPS) is 8.93. The summed E-state index contributed by atoms with van der Waals surface area (Å²) in [5, 5.41) is 9.04. The first-order valence-corrected chi connectivity index (χ1v) is 4.56. The van der Waals surface area contributed by atoms with E-state index < -0.39 is 0 Å². The van der Waals surface area contributed by atoms with Crippen LogP contribution in [0.25, 0.3) is 10.6 Å². The molecule has 2 rings (SSSR count). The van der Waals surface area contributed by atoms with Crippen molar-refractivity contribution in [1.29, 1.82) is 0 Å². The molecular formula is C8H11Cl2N3S. The van der Waals surface area contributed by atoms with Gasteiger partial charge in [0.25, 0.3) is 0 Å². The number of rotatable bonds is 2. The molecule has 3 nitrogen and oxygen atoms in total. The minimum atomic E-state index is 0. The number of aromatic nitrogens is 2. The third kappa shape index (κ3) is 2.72. The van der Waals surface area contributed by atoms with Crippen LogP contribution in [0.15, 0.2) is 23.6 Å². The molecule has 2 aromatic heterocycles. The second kappa shape index (κ2) is 6.03. The van der Waals surface area contributed by atoms with E-state index in [0.29, 0.717) is 6.54 Å². The summed E-state index contributed by atoms with van der Waals surface area (Å²) in [6.45, 7) is 0.512. The summed E-state index contributed by atoms with van der Waals surface area (Å²) in [6.07, 6.45) is 0. The summed E-state index contributed by atoms with van der Waals surface area (Å²) < 4.78 is 0. The lowest BCUT2D eigenvalue weighted by molar-refractivity contribution is 0.949. The number of aromatic amines is 1. The molecule has 0 bridgehead atoms. The van der Waals surface area contributed by atoms with E-state index >= 15 is 0 Å². The zero-order valence-electron chi connectivity index (χ0n) is 7.27. The Bertz CT molecular complexity index is 358. The van der Waals surface area contributed by atoms with Crippen LogP contribution in [0.5, 0.6) is 0 Å². The molecule has 0 spiro atoms. The largest absolute Gasteiger partial charge is 0.325 e. The van der Waals surface area contributed by atoms with Gasteiger partial charge in [-0.1, -0.05) is 6.07 Å². The Morgan fingerprint density at radius 1 is 1.43 bits per heavy atom. The molecule has 0 amide bonds. The quantitative estimate of drug-likeness (QED) is 0.862. The third-order valence-corrected chi connectivity index (χ3v) is 2.52. The van der Waals surface area contributed by atoms with Gasteiger partial charge < -0.3 is 5.73 Å². The van der Waals surface area contributed by atoms with Crippen LogP contribution in [-0.4, -0.2) is 10.2 Å². The van der Waals surface area contributed by atoms with Gasteiger partial charge in [0, 0.05) is 12.2 Å². The van der Waals surface area contributed by atoms with Crippen LogP contribution in [-0.2, 0) is 6.54 Å². The minimum Gasteiger partial charge on any atom is -0.325 e. The molecular weight excluding hydrogens is 241 g/mol. The predicted octanol–water partition coefficient (Wildman–Crippen LogP) is 2.44. The summed E-state index contributed by atoms with van der Waals surface area (Å²) in [6, 6.07) is 6.03. The molecule has 0 aliphatic heterocycles. The minimum absolute atomic E-state index is 0. The van der Waals surface area contributed by atoms with Crippen molar-refractivity contribution in [1.82, 2.24) is 10.2 Å². The van der Waals surface area contributed by atoms with Crippen molar-refractivity contribution in [3.05, 3.63) is 29.3 Å². The summed E-state index contributed by atoms with van der Waals surface area (Å²) in [5.41, 5.74) is 7.40. The Hall–Kier alpha value is -0.550. The lowest BCUT2D eigenvalue weighted by Gasteiger charge is -1.84. The van der Waals surface area contributed by atoms with Crippen LogP contribution in [0.3, 0.4) is 0 Å². The molecule has 3 N–H and O–H groups in total. The Morgan fingerprint density at radius 3 is 2.71 bits per heavy atom.